The highest BCUT2D eigenvalue weighted by Gasteiger charge is 2.30. The predicted octanol–water partition coefficient (Wildman–Crippen LogP) is 2.89. The molecule has 2 aromatic rings. The summed E-state index contributed by atoms with van der Waals surface area (Å²) in [6, 6.07) is 9.00. The van der Waals surface area contributed by atoms with Crippen molar-refractivity contribution in [3.8, 4) is 16.9 Å². The Balaban J connectivity index is 2.16. The summed E-state index contributed by atoms with van der Waals surface area (Å²) >= 11 is 0. The maximum absolute atomic E-state index is 12.1. The van der Waals surface area contributed by atoms with Gasteiger partial charge in [-0.25, -0.2) is 0 Å². The summed E-state index contributed by atoms with van der Waals surface area (Å²) in [5.41, 5.74) is 2.15. The van der Waals surface area contributed by atoms with Gasteiger partial charge in [0.15, 0.2) is 0 Å². The molecule has 0 spiro atoms. The molecule has 0 saturated carbocycles. The average Bonchev–Trinajstić information content (AvgIpc) is 2.44. The zero-order valence-corrected chi connectivity index (χ0v) is 10.7. The van der Waals surface area contributed by atoms with Gasteiger partial charge >= 0.3 is 6.36 Å². The van der Waals surface area contributed by atoms with Gasteiger partial charge in [0, 0.05) is 6.20 Å². The molecular weight excluding hydrogens is 285 g/mol. The van der Waals surface area contributed by atoms with E-state index in [0.717, 1.165) is 11.1 Å². The largest absolute Gasteiger partial charge is 0.573 e. The number of nitrogens with zero attached hydrogens (tertiary/aromatic N) is 1. The van der Waals surface area contributed by atoms with Crippen LogP contribution in [-0.4, -0.2) is 17.8 Å². The van der Waals surface area contributed by atoms with Crippen molar-refractivity contribution in [2.24, 2.45) is 0 Å². The van der Waals surface area contributed by atoms with Crippen molar-refractivity contribution in [1.82, 2.24) is 10.3 Å². The molecule has 0 aliphatic carbocycles. The number of amides is 1. The molecule has 21 heavy (non-hydrogen) atoms. The maximum atomic E-state index is 12.1. The molecule has 0 aliphatic rings. The number of alkyl halides is 3. The minimum atomic E-state index is -4.70. The highest BCUT2D eigenvalue weighted by Crippen LogP contribution is 2.26. The number of nitrogens with one attached hydrogen (secondary N) is 1. The Kier molecular flexibility index (Phi) is 4.42. The van der Waals surface area contributed by atoms with Crippen molar-refractivity contribution in [2.45, 2.75) is 12.9 Å². The van der Waals surface area contributed by atoms with Crippen molar-refractivity contribution in [3.05, 3.63) is 48.3 Å². The summed E-state index contributed by atoms with van der Waals surface area (Å²) in [6.07, 6.45) is -2.57. The average molecular weight is 296 g/mol. The van der Waals surface area contributed by atoms with Crippen LogP contribution in [0.3, 0.4) is 0 Å². The lowest BCUT2D eigenvalue weighted by Crippen LogP contribution is -2.16. The van der Waals surface area contributed by atoms with E-state index in [1.807, 2.05) is 0 Å². The molecule has 0 radical (unpaired) electrons. The lowest BCUT2D eigenvalue weighted by Gasteiger charge is -2.09. The van der Waals surface area contributed by atoms with E-state index in [1.165, 1.54) is 24.3 Å². The number of carbonyl (C=O) groups is 1. The van der Waals surface area contributed by atoms with E-state index in [0.29, 0.717) is 12.1 Å². The lowest BCUT2D eigenvalue weighted by molar-refractivity contribution is -0.274. The second-order valence-corrected chi connectivity index (χ2v) is 4.11. The SMILES string of the molecule is O=CNCc1cc(-c2ccc(OC(F)(F)F)cc2)ccn1. The fourth-order valence-electron chi connectivity index (χ4n) is 1.75. The van der Waals surface area contributed by atoms with Gasteiger partial charge in [-0.1, -0.05) is 12.1 Å². The quantitative estimate of drug-likeness (QED) is 0.863. The Morgan fingerprint density at radius 3 is 2.48 bits per heavy atom. The standard InChI is InChI=1S/C14H11F3N2O2/c15-14(16,17)21-13-3-1-10(2-4-13)11-5-6-19-12(7-11)8-18-9-20/h1-7,9H,8H2,(H,18,20). The molecule has 1 amide bonds. The van der Waals surface area contributed by atoms with Crippen LogP contribution in [0.2, 0.25) is 0 Å². The van der Waals surface area contributed by atoms with E-state index in [2.05, 4.69) is 15.0 Å². The first-order chi connectivity index (χ1) is 9.98. The molecule has 0 aliphatic heterocycles. The van der Waals surface area contributed by atoms with Gasteiger partial charge in [-0.15, -0.1) is 13.2 Å². The highest BCUT2D eigenvalue weighted by molar-refractivity contribution is 5.64. The third-order valence-corrected chi connectivity index (χ3v) is 2.60. The normalized spacial score (nSPS) is 11.0. The van der Waals surface area contributed by atoms with Crippen molar-refractivity contribution >= 4 is 6.41 Å². The van der Waals surface area contributed by atoms with Crippen LogP contribution < -0.4 is 10.1 Å². The van der Waals surface area contributed by atoms with Crippen molar-refractivity contribution in [1.29, 1.82) is 0 Å². The van der Waals surface area contributed by atoms with Gasteiger partial charge in [-0.05, 0) is 35.4 Å². The number of aromatic nitrogens is 1. The summed E-state index contributed by atoms with van der Waals surface area (Å²) in [6.45, 7) is 0.284. The molecule has 110 valence electrons. The second kappa shape index (κ2) is 6.25. The first kappa shape index (κ1) is 14.8. The number of hydrogen-bond donors (Lipinski definition) is 1. The van der Waals surface area contributed by atoms with Crippen LogP contribution in [0.1, 0.15) is 5.69 Å². The van der Waals surface area contributed by atoms with E-state index < -0.39 is 6.36 Å². The van der Waals surface area contributed by atoms with E-state index >= 15 is 0 Å². The molecule has 0 unspecified atom stereocenters. The van der Waals surface area contributed by atoms with Gasteiger partial charge in [0.05, 0.1) is 12.2 Å². The summed E-state index contributed by atoms with van der Waals surface area (Å²) in [7, 11) is 0. The van der Waals surface area contributed by atoms with Gasteiger partial charge in [0.25, 0.3) is 0 Å². The monoisotopic (exact) mass is 296 g/mol. The number of hydrogen-bond acceptors (Lipinski definition) is 3. The Morgan fingerprint density at radius 2 is 1.86 bits per heavy atom. The summed E-state index contributed by atoms with van der Waals surface area (Å²) in [5.74, 6) is -0.275. The van der Waals surface area contributed by atoms with Gasteiger partial charge in [0.2, 0.25) is 6.41 Å². The van der Waals surface area contributed by atoms with Crippen molar-refractivity contribution < 1.29 is 22.7 Å². The molecule has 0 bridgehead atoms. The molecule has 1 heterocycles. The maximum Gasteiger partial charge on any atom is 0.573 e. The van der Waals surface area contributed by atoms with Crippen LogP contribution in [-0.2, 0) is 11.3 Å². The predicted molar refractivity (Wildman–Crippen MR) is 69.3 cm³/mol. The zero-order valence-electron chi connectivity index (χ0n) is 10.7. The van der Waals surface area contributed by atoms with Crippen LogP contribution in [0, 0.1) is 0 Å². The molecule has 0 atom stereocenters. The molecule has 2 rings (SSSR count). The van der Waals surface area contributed by atoms with Gasteiger partial charge in [-0.3, -0.25) is 9.78 Å². The molecule has 0 fully saturated rings. The Morgan fingerprint density at radius 1 is 1.14 bits per heavy atom. The Bertz CT molecular complexity index is 612. The molecule has 7 heteroatoms. The number of rotatable bonds is 5. The topological polar surface area (TPSA) is 51.2 Å². The van der Waals surface area contributed by atoms with Crippen LogP contribution in [0.4, 0.5) is 13.2 Å². The molecule has 0 saturated heterocycles. The van der Waals surface area contributed by atoms with Crippen LogP contribution in [0.15, 0.2) is 42.6 Å². The molecule has 1 N–H and O–H groups in total. The minimum Gasteiger partial charge on any atom is -0.406 e. The number of carbonyl (C=O) groups excluding carboxylic acids is 1. The van der Waals surface area contributed by atoms with Gasteiger partial charge in [-0.2, -0.15) is 0 Å². The first-order valence-corrected chi connectivity index (χ1v) is 5.96. The van der Waals surface area contributed by atoms with E-state index in [4.69, 9.17) is 0 Å². The Labute approximate surface area is 118 Å². The first-order valence-electron chi connectivity index (χ1n) is 5.96. The van der Waals surface area contributed by atoms with E-state index in [9.17, 15) is 18.0 Å². The zero-order chi connectivity index (χ0) is 15.3. The number of ether oxygens (including phenoxy) is 1. The summed E-state index contributed by atoms with van der Waals surface area (Å²) in [5, 5.41) is 2.49. The second-order valence-electron chi connectivity index (χ2n) is 4.11. The van der Waals surface area contributed by atoms with E-state index in [-0.39, 0.29) is 12.3 Å². The fourth-order valence-corrected chi connectivity index (χ4v) is 1.75. The molecule has 1 aromatic heterocycles. The molecule has 1 aromatic carbocycles. The lowest BCUT2D eigenvalue weighted by atomic mass is 10.1. The number of pyridine rings is 1. The number of benzene rings is 1. The van der Waals surface area contributed by atoms with Gasteiger partial charge < -0.3 is 10.1 Å². The van der Waals surface area contributed by atoms with Crippen LogP contribution >= 0.6 is 0 Å². The Hall–Kier alpha value is -2.57. The highest BCUT2D eigenvalue weighted by atomic mass is 19.4. The fraction of sp³-hybridized carbons (Fsp3) is 0.143. The van der Waals surface area contributed by atoms with Crippen LogP contribution in [0.5, 0.6) is 5.75 Å². The van der Waals surface area contributed by atoms with Crippen LogP contribution in [0.25, 0.3) is 11.1 Å². The number of halogens is 3. The minimum absolute atomic E-state index is 0.275. The molecular formula is C14H11F3N2O2. The summed E-state index contributed by atoms with van der Waals surface area (Å²) in [4.78, 5) is 14.3. The van der Waals surface area contributed by atoms with Crippen molar-refractivity contribution in [2.75, 3.05) is 0 Å². The smallest absolute Gasteiger partial charge is 0.406 e. The summed E-state index contributed by atoms with van der Waals surface area (Å²) < 4.78 is 40.0. The molecule has 4 nitrogen and oxygen atoms in total. The van der Waals surface area contributed by atoms with Crippen molar-refractivity contribution in [3.63, 3.8) is 0 Å². The van der Waals surface area contributed by atoms with Gasteiger partial charge in [0.1, 0.15) is 5.75 Å². The third kappa shape index (κ3) is 4.48. The third-order valence-electron chi connectivity index (χ3n) is 2.60. The van der Waals surface area contributed by atoms with E-state index in [1.54, 1.807) is 18.3 Å².